The fraction of sp³-hybridized carbons (Fsp3) is 0.250. The molecule has 0 saturated carbocycles. The lowest BCUT2D eigenvalue weighted by molar-refractivity contribution is 0.138. The summed E-state index contributed by atoms with van der Waals surface area (Å²) in [5, 5.41) is 4.77. The molecule has 1 atom stereocenters. The Morgan fingerprint density at radius 2 is 2.25 bits per heavy atom. The molecule has 0 bridgehead atoms. The van der Waals surface area contributed by atoms with Crippen molar-refractivity contribution in [3.05, 3.63) is 47.4 Å². The second-order valence-corrected chi connectivity index (χ2v) is 4.41. The van der Waals surface area contributed by atoms with Gasteiger partial charge >= 0.3 is 6.09 Å². The van der Waals surface area contributed by atoms with E-state index in [9.17, 15) is 4.79 Å². The van der Waals surface area contributed by atoms with Crippen molar-refractivity contribution >= 4 is 17.9 Å². The van der Waals surface area contributed by atoms with E-state index in [1.807, 2.05) is 41.8 Å². The van der Waals surface area contributed by atoms with Crippen LogP contribution in [0.15, 0.2) is 41.8 Å². The average Bonchev–Trinajstić information content (AvgIpc) is 2.81. The van der Waals surface area contributed by atoms with Gasteiger partial charge in [-0.25, -0.2) is 4.79 Å². The van der Waals surface area contributed by atoms with E-state index in [1.54, 1.807) is 11.8 Å². The number of rotatable bonds is 3. The van der Waals surface area contributed by atoms with Gasteiger partial charge in [0.05, 0.1) is 6.04 Å². The number of thioether (sulfide) groups is 1. The quantitative estimate of drug-likeness (QED) is 0.875. The largest absolute Gasteiger partial charge is 0.445 e. The van der Waals surface area contributed by atoms with Crippen LogP contribution in [-0.4, -0.2) is 17.9 Å². The molecule has 4 heteroatoms. The van der Waals surface area contributed by atoms with Crippen LogP contribution in [0.1, 0.15) is 5.56 Å². The third kappa shape index (κ3) is 3.31. The highest BCUT2D eigenvalue weighted by Gasteiger charge is 2.13. The Morgan fingerprint density at radius 1 is 1.44 bits per heavy atom. The lowest BCUT2D eigenvalue weighted by atomic mass is 10.2. The van der Waals surface area contributed by atoms with Crippen LogP contribution in [0.2, 0.25) is 0 Å². The van der Waals surface area contributed by atoms with Gasteiger partial charge in [0.1, 0.15) is 6.61 Å². The van der Waals surface area contributed by atoms with Crippen molar-refractivity contribution in [3.63, 3.8) is 0 Å². The molecule has 0 fully saturated rings. The van der Waals surface area contributed by atoms with Gasteiger partial charge in [0.2, 0.25) is 0 Å². The van der Waals surface area contributed by atoms with E-state index >= 15 is 0 Å². The van der Waals surface area contributed by atoms with E-state index in [2.05, 4.69) is 5.32 Å². The average molecular weight is 235 g/mol. The van der Waals surface area contributed by atoms with Gasteiger partial charge in [-0.05, 0) is 11.0 Å². The number of carbonyl (C=O) groups is 1. The Balaban J connectivity index is 1.73. The predicted octanol–water partition coefficient (Wildman–Crippen LogP) is 2.54. The molecule has 84 valence electrons. The van der Waals surface area contributed by atoms with Gasteiger partial charge in [-0.15, -0.1) is 11.8 Å². The molecule has 1 aliphatic rings. The van der Waals surface area contributed by atoms with Gasteiger partial charge < -0.3 is 10.1 Å². The maximum atomic E-state index is 11.4. The van der Waals surface area contributed by atoms with Crippen LogP contribution >= 0.6 is 11.8 Å². The molecular weight excluding hydrogens is 222 g/mol. The number of benzene rings is 1. The molecule has 0 radical (unpaired) electrons. The molecule has 2 rings (SSSR count). The molecule has 1 aromatic rings. The first-order chi connectivity index (χ1) is 7.84. The van der Waals surface area contributed by atoms with Crippen LogP contribution in [0.25, 0.3) is 0 Å². The first-order valence-electron chi connectivity index (χ1n) is 5.10. The summed E-state index contributed by atoms with van der Waals surface area (Å²) in [6.07, 6.45) is 1.61. The van der Waals surface area contributed by atoms with E-state index in [1.165, 1.54) is 0 Å². The van der Waals surface area contributed by atoms with Crippen LogP contribution in [0, 0.1) is 0 Å². The Bertz CT molecular complexity index is 378. The molecule has 0 aliphatic carbocycles. The minimum absolute atomic E-state index is 0.105. The van der Waals surface area contributed by atoms with Crippen LogP contribution in [0.4, 0.5) is 4.79 Å². The predicted molar refractivity (Wildman–Crippen MR) is 65.1 cm³/mol. The summed E-state index contributed by atoms with van der Waals surface area (Å²) in [5.41, 5.74) is 0.994. The zero-order chi connectivity index (χ0) is 11.2. The van der Waals surface area contributed by atoms with Crippen LogP contribution in [-0.2, 0) is 11.3 Å². The minimum atomic E-state index is -0.360. The SMILES string of the molecule is O=C(N[C@@H]1C=CSC1)OCc1ccccc1. The van der Waals surface area contributed by atoms with Crippen molar-refractivity contribution in [1.29, 1.82) is 0 Å². The van der Waals surface area contributed by atoms with Crippen LogP contribution < -0.4 is 5.32 Å². The number of ether oxygens (including phenoxy) is 1. The molecule has 0 aromatic heterocycles. The van der Waals surface area contributed by atoms with Crippen molar-refractivity contribution < 1.29 is 9.53 Å². The smallest absolute Gasteiger partial charge is 0.407 e. The summed E-state index contributed by atoms with van der Waals surface area (Å²) in [7, 11) is 0. The Labute approximate surface area is 98.9 Å². The second-order valence-electron chi connectivity index (χ2n) is 3.47. The molecular formula is C12H13NO2S. The highest BCUT2D eigenvalue weighted by molar-refractivity contribution is 8.02. The van der Waals surface area contributed by atoms with Crippen LogP contribution in [0.3, 0.4) is 0 Å². The first-order valence-corrected chi connectivity index (χ1v) is 6.15. The Kier molecular flexibility index (Phi) is 3.88. The van der Waals surface area contributed by atoms with E-state index in [-0.39, 0.29) is 12.1 Å². The van der Waals surface area contributed by atoms with Gasteiger partial charge in [-0.2, -0.15) is 0 Å². The van der Waals surface area contributed by atoms with Crippen molar-refractivity contribution in [2.24, 2.45) is 0 Å². The molecule has 0 unspecified atom stereocenters. The lowest BCUT2D eigenvalue weighted by Gasteiger charge is -2.10. The second kappa shape index (κ2) is 5.61. The number of carbonyl (C=O) groups excluding carboxylic acids is 1. The normalized spacial score (nSPS) is 18.4. The summed E-state index contributed by atoms with van der Waals surface area (Å²) < 4.78 is 5.10. The fourth-order valence-electron chi connectivity index (χ4n) is 1.37. The number of amides is 1. The topological polar surface area (TPSA) is 38.3 Å². The van der Waals surface area contributed by atoms with Crippen LogP contribution in [0.5, 0.6) is 0 Å². The zero-order valence-corrected chi connectivity index (χ0v) is 9.57. The monoisotopic (exact) mass is 235 g/mol. The summed E-state index contributed by atoms with van der Waals surface area (Å²) >= 11 is 1.69. The highest BCUT2D eigenvalue weighted by Crippen LogP contribution is 2.14. The molecule has 1 aromatic carbocycles. The third-order valence-electron chi connectivity index (χ3n) is 2.20. The van der Waals surface area contributed by atoms with E-state index < -0.39 is 0 Å². The zero-order valence-electron chi connectivity index (χ0n) is 8.76. The molecule has 0 saturated heterocycles. The molecule has 16 heavy (non-hydrogen) atoms. The molecule has 0 spiro atoms. The Hall–Kier alpha value is -1.42. The van der Waals surface area contributed by atoms with Crippen molar-refractivity contribution in [3.8, 4) is 0 Å². The first kappa shape index (κ1) is 11.1. The number of alkyl carbamates (subject to hydrolysis) is 1. The number of hydrogen-bond donors (Lipinski definition) is 1. The number of hydrogen-bond acceptors (Lipinski definition) is 3. The molecule has 1 amide bonds. The van der Waals surface area contributed by atoms with Gasteiger partial charge in [0, 0.05) is 5.75 Å². The van der Waals surface area contributed by atoms with E-state index in [4.69, 9.17) is 4.74 Å². The summed E-state index contributed by atoms with van der Waals surface area (Å²) in [5.74, 6) is 0.889. The summed E-state index contributed by atoms with van der Waals surface area (Å²) in [6, 6.07) is 9.74. The van der Waals surface area contributed by atoms with Crippen molar-refractivity contribution in [1.82, 2.24) is 5.32 Å². The maximum Gasteiger partial charge on any atom is 0.407 e. The fourth-order valence-corrected chi connectivity index (χ4v) is 2.18. The van der Waals surface area contributed by atoms with Gasteiger partial charge in [-0.1, -0.05) is 36.4 Å². The van der Waals surface area contributed by atoms with Gasteiger partial charge in [0.25, 0.3) is 0 Å². The van der Waals surface area contributed by atoms with Crippen molar-refractivity contribution in [2.45, 2.75) is 12.6 Å². The third-order valence-corrected chi connectivity index (χ3v) is 3.10. The molecule has 1 aliphatic heterocycles. The standard InChI is InChI=1S/C12H13NO2S/c14-12(13-11-6-7-16-9-11)15-8-10-4-2-1-3-5-10/h1-7,11H,8-9H2,(H,13,14)/t11-/m1/s1. The lowest BCUT2D eigenvalue weighted by Crippen LogP contribution is -2.34. The molecule has 3 nitrogen and oxygen atoms in total. The summed E-state index contributed by atoms with van der Waals surface area (Å²) in [4.78, 5) is 11.4. The molecule has 1 heterocycles. The molecule has 1 N–H and O–H groups in total. The number of nitrogens with one attached hydrogen (secondary N) is 1. The minimum Gasteiger partial charge on any atom is -0.445 e. The van der Waals surface area contributed by atoms with Gasteiger partial charge in [0.15, 0.2) is 0 Å². The highest BCUT2D eigenvalue weighted by atomic mass is 32.2. The maximum absolute atomic E-state index is 11.4. The van der Waals surface area contributed by atoms with E-state index in [0.29, 0.717) is 6.61 Å². The Morgan fingerprint density at radius 3 is 2.94 bits per heavy atom. The van der Waals surface area contributed by atoms with Gasteiger partial charge in [-0.3, -0.25) is 0 Å². The van der Waals surface area contributed by atoms with Crippen molar-refractivity contribution in [2.75, 3.05) is 5.75 Å². The summed E-state index contributed by atoms with van der Waals surface area (Å²) in [6.45, 7) is 0.316. The van der Waals surface area contributed by atoms with E-state index in [0.717, 1.165) is 11.3 Å².